The first-order valence-electron chi connectivity index (χ1n) is 6.89. The van der Waals surface area contributed by atoms with Crippen LogP contribution in [0.15, 0.2) is 29.2 Å². The molecule has 1 saturated heterocycles. The predicted molar refractivity (Wildman–Crippen MR) is 76.6 cm³/mol. The smallest absolute Gasteiger partial charge is 0.335 e. The van der Waals surface area contributed by atoms with Gasteiger partial charge in [0.05, 0.1) is 10.5 Å². The van der Waals surface area contributed by atoms with Gasteiger partial charge in [0.2, 0.25) is 10.0 Å². The van der Waals surface area contributed by atoms with Crippen molar-refractivity contribution in [3.63, 3.8) is 0 Å². The molecule has 0 spiro atoms. The zero-order valence-electron chi connectivity index (χ0n) is 11.6. The average molecular weight is 313 g/mol. The Balaban J connectivity index is 2.25. The van der Waals surface area contributed by atoms with Gasteiger partial charge >= 0.3 is 5.97 Å². The molecule has 0 radical (unpaired) electrons. The standard InChI is InChI=1S/C14H19NO5S/c16-8-6-11-3-2-7-15(10-11)21(19,20)13-5-1-4-12(9-13)14(17)18/h1,4-5,9,11,16H,2-3,6-8,10H2,(H,17,18). The summed E-state index contributed by atoms with van der Waals surface area (Å²) in [6.07, 6.45) is 2.24. The van der Waals surface area contributed by atoms with Crippen molar-refractivity contribution >= 4 is 16.0 Å². The molecule has 1 aromatic carbocycles. The lowest BCUT2D eigenvalue weighted by atomic mass is 9.97. The molecule has 6 nitrogen and oxygen atoms in total. The van der Waals surface area contributed by atoms with Gasteiger partial charge in [-0.25, -0.2) is 13.2 Å². The van der Waals surface area contributed by atoms with Gasteiger partial charge in [-0.1, -0.05) is 6.07 Å². The van der Waals surface area contributed by atoms with Gasteiger partial charge in [-0.05, 0) is 43.4 Å². The minimum atomic E-state index is -3.68. The summed E-state index contributed by atoms with van der Waals surface area (Å²) in [5, 5.41) is 17.9. The molecule has 1 fully saturated rings. The molecular formula is C14H19NO5S. The van der Waals surface area contributed by atoms with Crippen LogP contribution in [0.3, 0.4) is 0 Å². The van der Waals surface area contributed by atoms with Crippen LogP contribution in [-0.2, 0) is 10.0 Å². The number of carbonyl (C=O) groups is 1. The normalized spacial score (nSPS) is 20.3. The van der Waals surface area contributed by atoms with Gasteiger partial charge in [-0.15, -0.1) is 0 Å². The molecule has 0 bridgehead atoms. The summed E-state index contributed by atoms with van der Waals surface area (Å²) < 4.78 is 26.6. The van der Waals surface area contributed by atoms with E-state index < -0.39 is 16.0 Å². The number of sulfonamides is 1. The number of piperidine rings is 1. The topological polar surface area (TPSA) is 94.9 Å². The molecule has 0 aliphatic carbocycles. The van der Waals surface area contributed by atoms with Crippen molar-refractivity contribution in [3.05, 3.63) is 29.8 Å². The molecule has 7 heteroatoms. The van der Waals surface area contributed by atoms with Crippen LogP contribution in [0.2, 0.25) is 0 Å². The quantitative estimate of drug-likeness (QED) is 0.851. The second-order valence-corrected chi connectivity index (χ2v) is 7.15. The first kappa shape index (κ1) is 15.9. The minimum Gasteiger partial charge on any atom is -0.478 e. The van der Waals surface area contributed by atoms with Crippen LogP contribution >= 0.6 is 0 Å². The molecule has 0 amide bonds. The SMILES string of the molecule is O=C(O)c1cccc(S(=O)(=O)N2CCCC(CCO)C2)c1. The average Bonchev–Trinajstić information content (AvgIpc) is 2.48. The van der Waals surface area contributed by atoms with Gasteiger partial charge in [0, 0.05) is 19.7 Å². The highest BCUT2D eigenvalue weighted by molar-refractivity contribution is 7.89. The van der Waals surface area contributed by atoms with E-state index in [1.54, 1.807) is 0 Å². The summed E-state index contributed by atoms with van der Waals surface area (Å²) >= 11 is 0. The Bertz CT molecular complexity index is 612. The van der Waals surface area contributed by atoms with Crippen molar-refractivity contribution in [2.24, 2.45) is 5.92 Å². The van der Waals surface area contributed by atoms with Crippen molar-refractivity contribution < 1.29 is 23.4 Å². The van der Waals surface area contributed by atoms with Crippen LogP contribution in [0.5, 0.6) is 0 Å². The van der Waals surface area contributed by atoms with E-state index in [1.807, 2.05) is 0 Å². The van der Waals surface area contributed by atoms with Gasteiger partial charge in [0.25, 0.3) is 0 Å². The first-order valence-corrected chi connectivity index (χ1v) is 8.33. The molecule has 1 unspecified atom stereocenters. The van der Waals surface area contributed by atoms with E-state index in [4.69, 9.17) is 10.2 Å². The van der Waals surface area contributed by atoms with Gasteiger partial charge in [-0.3, -0.25) is 0 Å². The predicted octanol–water partition coefficient (Wildman–Crippen LogP) is 1.17. The largest absolute Gasteiger partial charge is 0.478 e. The molecule has 1 aliphatic heterocycles. The number of aliphatic hydroxyl groups excluding tert-OH is 1. The maximum Gasteiger partial charge on any atom is 0.335 e. The molecule has 1 aliphatic rings. The van der Waals surface area contributed by atoms with E-state index in [2.05, 4.69) is 0 Å². The Morgan fingerprint density at radius 2 is 2.14 bits per heavy atom. The lowest BCUT2D eigenvalue weighted by molar-refractivity contribution is 0.0696. The summed E-state index contributed by atoms with van der Waals surface area (Å²) in [4.78, 5) is 11.0. The third-order valence-corrected chi connectivity index (χ3v) is 5.60. The van der Waals surface area contributed by atoms with Gasteiger partial charge in [0.1, 0.15) is 0 Å². The fourth-order valence-electron chi connectivity index (χ4n) is 2.60. The van der Waals surface area contributed by atoms with Gasteiger partial charge in [-0.2, -0.15) is 4.31 Å². The number of carboxylic acids is 1. The lowest BCUT2D eigenvalue weighted by Crippen LogP contribution is -2.40. The Morgan fingerprint density at radius 3 is 2.81 bits per heavy atom. The zero-order valence-corrected chi connectivity index (χ0v) is 12.4. The summed E-state index contributed by atoms with van der Waals surface area (Å²) in [6.45, 7) is 0.856. The Labute approximate surface area is 124 Å². The molecule has 0 aromatic heterocycles. The highest BCUT2D eigenvalue weighted by Gasteiger charge is 2.30. The van der Waals surface area contributed by atoms with Crippen LogP contribution in [0.4, 0.5) is 0 Å². The Morgan fingerprint density at radius 1 is 1.38 bits per heavy atom. The summed E-state index contributed by atoms with van der Waals surface area (Å²) in [6, 6.07) is 5.41. The second kappa shape index (κ2) is 6.55. The molecule has 1 atom stereocenters. The van der Waals surface area contributed by atoms with Crippen LogP contribution in [-0.4, -0.2) is 48.6 Å². The van der Waals surface area contributed by atoms with E-state index in [0.29, 0.717) is 19.5 Å². The Kier molecular flexibility index (Phi) is 4.97. The van der Waals surface area contributed by atoms with Crippen LogP contribution in [0, 0.1) is 5.92 Å². The fourth-order valence-corrected chi connectivity index (χ4v) is 4.20. The minimum absolute atomic E-state index is 0.00653. The van der Waals surface area contributed by atoms with Crippen LogP contribution in [0.25, 0.3) is 0 Å². The monoisotopic (exact) mass is 313 g/mol. The van der Waals surface area contributed by atoms with Gasteiger partial charge in [0.15, 0.2) is 0 Å². The molecule has 0 saturated carbocycles. The summed E-state index contributed by atoms with van der Waals surface area (Å²) in [7, 11) is -3.68. The third-order valence-electron chi connectivity index (χ3n) is 3.74. The van der Waals surface area contributed by atoms with E-state index in [-0.39, 0.29) is 23.0 Å². The maximum absolute atomic E-state index is 12.6. The molecule has 21 heavy (non-hydrogen) atoms. The van der Waals surface area contributed by atoms with E-state index in [0.717, 1.165) is 12.8 Å². The number of hydrogen-bond donors (Lipinski definition) is 2. The summed E-state index contributed by atoms with van der Waals surface area (Å²) in [5.41, 5.74) is -0.0417. The summed E-state index contributed by atoms with van der Waals surface area (Å²) in [5.74, 6) is -0.995. The molecule has 2 rings (SSSR count). The van der Waals surface area contributed by atoms with Crippen molar-refractivity contribution in [1.29, 1.82) is 0 Å². The number of carboxylic acid groups (broad SMARTS) is 1. The highest BCUT2D eigenvalue weighted by Crippen LogP contribution is 2.25. The van der Waals surface area contributed by atoms with Gasteiger partial charge < -0.3 is 10.2 Å². The van der Waals surface area contributed by atoms with Crippen molar-refractivity contribution in [2.75, 3.05) is 19.7 Å². The van der Waals surface area contributed by atoms with Crippen molar-refractivity contribution in [1.82, 2.24) is 4.31 Å². The first-order chi connectivity index (χ1) is 9.95. The van der Waals surface area contributed by atoms with Crippen LogP contribution < -0.4 is 0 Å². The number of aromatic carboxylic acids is 1. The molecule has 1 aromatic rings. The number of nitrogens with zero attached hydrogens (tertiary/aromatic N) is 1. The lowest BCUT2D eigenvalue weighted by Gasteiger charge is -2.31. The number of hydrogen-bond acceptors (Lipinski definition) is 4. The van der Waals surface area contributed by atoms with Crippen molar-refractivity contribution in [2.45, 2.75) is 24.2 Å². The molecular weight excluding hydrogens is 294 g/mol. The van der Waals surface area contributed by atoms with E-state index in [1.165, 1.54) is 28.6 Å². The van der Waals surface area contributed by atoms with Crippen molar-refractivity contribution in [3.8, 4) is 0 Å². The third kappa shape index (κ3) is 3.61. The fraction of sp³-hybridized carbons (Fsp3) is 0.500. The highest BCUT2D eigenvalue weighted by atomic mass is 32.2. The van der Waals surface area contributed by atoms with Crippen LogP contribution in [0.1, 0.15) is 29.6 Å². The number of aliphatic hydroxyl groups is 1. The second-order valence-electron chi connectivity index (χ2n) is 5.22. The number of rotatable bonds is 5. The molecule has 1 heterocycles. The molecule has 2 N–H and O–H groups in total. The van der Waals surface area contributed by atoms with E-state index >= 15 is 0 Å². The zero-order chi connectivity index (χ0) is 15.5. The van der Waals surface area contributed by atoms with E-state index in [9.17, 15) is 13.2 Å². The maximum atomic E-state index is 12.6. The number of benzene rings is 1. The molecule has 116 valence electrons. The Hall–Kier alpha value is -1.44.